The number of carbonyl (C=O) groups excluding carboxylic acids is 2. The van der Waals surface area contributed by atoms with Gasteiger partial charge in [-0.25, -0.2) is 28.4 Å². The number of carbonyl (C=O) groups is 2. The van der Waals surface area contributed by atoms with Gasteiger partial charge in [-0.15, -0.1) is 0 Å². The summed E-state index contributed by atoms with van der Waals surface area (Å²) in [6.07, 6.45) is 14.5. The van der Waals surface area contributed by atoms with E-state index in [-0.39, 0.29) is 52.9 Å². The molecule has 392 valence electrons. The molecule has 2 amide bonds. The molecule has 73 heavy (non-hydrogen) atoms. The second-order valence-corrected chi connectivity index (χ2v) is 24.3. The monoisotopic (exact) mass is 1020 g/mol. The number of likely N-dealkylation sites (N-methyl/N-ethyl adjacent to an activating group) is 1. The number of sulfone groups is 1. The van der Waals surface area contributed by atoms with E-state index in [0.717, 1.165) is 74.6 Å². The molecule has 5 atom stereocenters. The van der Waals surface area contributed by atoms with Crippen molar-refractivity contribution in [2.75, 3.05) is 50.1 Å². The Bertz CT molecular complexity index is 2840. The number of aromatic amines is 1. The number of aromatic nitrogens is 6. The number of aryl methyl sites for hydroxylation is 2. The fraction of sp³-hybridized carbons (Fsp3) is 0.574. The normalized spacial score (nSPS) is 20.9. The molecule has 4 aliphatic rings. The van der Waals surface area contributed by atoms with Gasteiger partial charge in [0.25, 0.3) is 0 Å². The molecule has 2 aromatic carbocycles. The molecule has 1 saturated carbocycles. The number of piperidine rings is 1. The summed E-state index contributed by atoms with van der Waals surface area (Å²) in [6, 6.07) is 10.6. The van der Waals surface area contributed by atoms with Crippen molar-refractivity contribution in [2.45, 2.75) is 152 Å². The minimum atomic E-state index is -3.85. The number of nitrogens with zero attached hydrogens (tertiary/aromatic N) is 7. The predicted octanol–water partition coefficient (Wildman–Crippen LogP) is 7.06. The van der Waals surface area contributed by atoms with Gasteiger partial charge in [0.2, 0.25) is 17.8 Å². The van der Waals surface area contributed by atoms with Gasteiger partial charge in [-0.2, -0.15) is 5.10 Å². The van der Waals surface area contributed by atoms with Crippen molar-refractivity contribution < 1.29 is 27.5 Å². The van der Waals surface area contributed by atoms with E-state index in [1.807, 2.05) is 27.0 Å². The molecule has 0 unspecified atom stereocenters. The topological polar surface area (TPSA) is 222 Å². The molecule has 5 N–H and O–H groups in total. The number of benzene rings is 2. The van der Waals surface area contributed by atoms with Gasteiger partial charge in [0.05, 0.1) is 47.9 Å². The summed E-state index contributed by atoms with van der Waals surface area (Å²) in [4.78, 5) is 51.7. The molecule has 0 spiro atoms. The van der Waals surface area contributed by atoms with Gasteiger partial charge in [-0.05, 0) is 123 Å². The molecule has 5 heterocycles. The molecule has 5 aromatic rings. The Kier molecular flexibility index (Phi) is 15.9. The molecular formula is C54H74N12O6S. The van der Waals surface area contributed by atoms with Crippen molar-refractivity contribution in [2.24, 2.45) is 11.8 Å². The molecule has 2 aliphatic heterocycles. The van der Waals surface area contributed by atoms with Gasteiger partial charge in [0.1, 0.15) is 34.9 Å². The van der Waals surface area contributed by atoms with E-state index >= 15 is 0 Å². The Morgan fingerprint density at radius 3 is 2.40 bits per heavy atom. The molecule has 2 saturated heterocycles. The molecule has 19 heteroatoms. The SMILES string of the molecule is CN[C@@H](C)CN[C@H](C(=O)N1C[C@@H](Oc2cnc(N3CCC(COc4cc5ncnc(Nc6n[nH]c(C)c6C)c5cc4S(=O)(=O)C(C)(C)C)CC3)nc2)C[C@H]1C(=O)N[C@@H]1CCCc2ccccc21)C1CCCCC1. The summed E-state index contributed by atoms with van der Waals surface area (Å²) in [5.74, 6) is 2.53. The third-order valence-corrected chi connectivity index (χ3v) is 18.1. The van der Waals surface area contributed by atoms with Crippen LogP contribution in [0.1, 0.15) is 120 Å². The molecule has 3 fully saturated rings. The molecular weight excluding hydrogens is 945 g/mol. The Balaban J connectivity index is 0.854. The highest BCUT2D eigenvalue weighted by atomic mass is 32.2. The van der Waals surface area contributed by atoms with Crippen LogP contribution in [0.2, 0.25) is 0 Å². The quantitative estimate of drug-likeness (QED) is 0.0629. The van der Waals surface area contributed by atoms with Gasteiger partial charge < -0.3 is 40.5 Å². The zero-order valence-corrected chi connectivity index (χ0v) is 44.4. The number of amides is 2. The number of anilines is 3. The van der Waals surface area contributed by atoms with Crippen LogP contribution in [0.5, 0.6) is 11.5 Å². The van der Waals surface area contributed by atoms with Crippen LogP contribution in [-0.2, 0) is 25.8 Å². The maximum atomic E-state index is 14.9. The first-order chi connectivity index (χ1) is 35.1. The lowest BCUT2D eigenvalue weighted by Crippen LogP contribution is -2.56. The highest BCUT2D eigenvalue weighted by Gasteiger charge is 2.45. The summed E-state index contributed by atoms with van der Waals surface area (Å²) in [5, 5.41) is 21.4. The van der Waals surface area contributed by atoms with Gasteiger partial charge in [0.15, 0.2) is 21.4 Å². The largest absolute Gasteiger partial charge is 0.492 e. The zero-order chi connectivity index (χ0) is 51.4. The number of H-pyrrole nitrogens is 1. The van der Waals surface area contributed by atoms with E-state index in [0.29, 0.717) is 66.9 Å². The lowest BCUT2D eigenvalue weighted by molar-refractivity contribution is -0.141. The van der Waals surface area contributed by atoms with Crippen LogP contribution in [0.25, 0.3) is 10.9 Å². The highest BCUT2D eigenvalue weighted by molar-refractivity contribution is 7.92. The number of rotatable bonds is 17. The minimum Gasteiger partial charge on any atom is -0.492 e. The third kappa shape index (κ3) is 11.6. The van der Waals surface area contributed by atoms with E-state index in [1.54, 1.807) is 50.2 Å². The average Bonchev–Trinajstić information content (AvgIpc) is 3.97. The molecule has 2 aliphatic carbocycles. The van der Waals surface area contributed by atoms with Gasteiger partial charge in [0, 0.05) is 54.8 Å². The smallest absolute Gasteiger partial charge is 0.243 e. The zero-order valence-electron chi connectivity index (χ0n) is 43.5. The summed E-state index contributed by atoms with van der Waals surface area (Å²) in [6.45, 7) is 13.6. The minimum absolute atomic E-state index is 0.0357. The standard InChI is InChI=1S/C54H74N12O6S/c1-33(55-7)27-56-48(38-15-9-8-10-16-38)52(68)66-30-39(24-45(66)51(67)61-43-19-13-17-37-14-11-12-18-41(37)43)72-40-28-57-53(58-29-40)65-22-20-36(21-23-65)31-71-46-26-44-42(25-47(46)73(69,70)54(4,5)6)50(60-32-59-44)62-49-34(2)35(3)63-64-49/h11-12,14,18,25-26,28-29,32-33,36,38-39,43,45,48,55-56H,8-10,13,15-17,19-24,27,30-31H2,1-7H3,(H,61,67)(H2,59,60,62,63,64)/t33-,39-,43+,45-,48-/m0/s1. The average molecular weight is 1020 g/mol. The Labute approximate surface area is 429 Å². The third-order valence-electron chi connectivity index (χ3n) is 15.6. The fourth-order valence-electron chi connectivity index (χ4n) is 10.8. The van der Waals surface area contributed by atoms with E-state index in [9.17, 15) is 18.0 Å². The fourth-order valence-corrected chi connectivity index (χ4v) is 12.1. The summed E-state index contributed by atoms with van der Waals surface area (Å²) in [5.41, 5.74) is 4.80. The first-order valence-electron chi connectivity index (χ1n) is 26.4. The van der Waals surface area contributed by atoms with E-state index < -0.39 is 32.8 Å². The van der Waals surface area contributed by atoms with Crippen LogP contribution in [0.15, 0.2) is 60.0 Å². The summed E-state index contributed by atoms with van der Waals surface area (Å²) < 4.78 is 40.1. The van der Waals surface area contributed by atoms with Crippen LogP contribution in [0.4, 0.5) is 17.6 Å². The second kappa shape index (κ2) is 22.3. The van der Waals surface area contributed by atoms with Crippen LogP contribution in [-0.4, -0.2) is 124 Å². The van der Waals surface area contributed by atoms with Crippen molar-refractivity contribution in [1.82, 2.24) is 51.0 Å². The summed E-state index contributed by atoms with van der Waals surface area (Å²) >= 11 is 0. The first-order valence-corrected chi connectivity index (χ1v) is 27.8. The molecule has 9 rings (SSSR count). The second-order valence-electron chi connectivity index (χ2n) is 21.7. The molecule has 18 nitrogen and oxygen atoms in total. The Morgan fingerprint density at radius 1 is 0.932 bits per heavy atom. The van der Waals surface area contributed by atoms with Crippen molar-refractivity contribution in [3.05, 3.63) is 77.5 Å². The maximum Gasteiger partial charge on any atom is 0.243 e. The first kappa shape index (κ1) is 52.0. The number of hydrogen-bond acceptors (Lipinski definition) is 15. The molecule has 0 radical (unpaired) electrons. The number of hydrogen-bond donors (Lipinski definition) is 5. The number of nitrogens with one attached hydrogen (secondary N) is 5. The molecule has 0 bridgehead atoms. The van der Waals surface area contributed by atoms with Crippen molar-refractivity contribution in [1.29, 1.82) is 0 Å². The number of ether oxygens (including phenoxy) is 2. The van der Waals surface area contributed by atoms with Crippen molar-refractivity contribution in [3.63, 3.8) is 0 Å². The molecule has 3 aromatic heterocycles. The van der Waals surface area contributed by atoms with Crippen molar-refractivity contribution in [3.8, 4) is 11.5 Å². The highest BCUT2D eigenvalue weighted by Crippen LogP contribution is 2.39. The number of likely N-dealkylation sites (tertiary alicyclic amines) is 1. The van der Waals surface area contributed by atoms with Crippen LogP contribution >= 0.6 is 0 Å². The predicted molar refractivity (Wildman–Crippen MR) is 282 cm³/mol. The maximum absolute atomic E-state index is 14.9. The Morgan fingerprint density at radius 2 is 1.68 bits per heavy atom. The number of fused-ring (bicyclic) bond motifs is 2. The summed E-state index contributed by atoms with van der Waals surface area (Å²) in [7, 11) is -1.92. The lowest BCUT2D eigenvalue weighted by Gasteiger charge is -2.35. The lowest BCUT2D eigenvalue weighted by atomic mass is 9.83. The van der Waals surface area contributed by atoms with E-state index in [2.05, 4.69) is 71.5 Å². The van der Waals surface area contributed by atoms with E-state index in [4.69, 9.17) is 19.4 Å². The van der Waals surface area contributed by atoms with Crippen LogP contribution < -0.4 is 35.6 Å². The van der Waals surface area contributed by atoms with Crippen LogP contribution in [0.3, 0.4) is 0 Å². The Hall–Kier alpha value is -5.92. The van der Waals surface area contributed by atoms with Gasteiger partial charge in [-0.3, -0.25) is 14.7 Å². The van der Waals surface area contributed by atoms with Gasteiger partial charge >= 0.3 is 0 Å². The van der Waals surface area contributed by atoms with Gasteiger partial charge in [-0.1, -0.05) is 43.5 Å². The van der Waals surface area contributed by atoms with E-state index in [1.165, 1.54) is 18.3 Å². The van der Waals surface area contributed by atoms with Crippen LogP contribution in [0, 0.1) is 25.7 Å². The van der Waals surface area contributed by atoms with Crippen molar-refractivity contribution >= 4 is 50.1 Å².